The van der Waals surface area contributed by atoms with E-state index in [0.717, 1.165) is 29.5 Å². The molecule has 1 aromatic heterocycles. The molecule has 0 saturated heterocycles. The Hall–Kier alpha value is -2.60. The first kappa shape index (κ1) is 31.9. The highest BCUT2D eigenvalue weighted by atomic mass is 35.5. The smallest absolute Gasteiger partial charge is 0.229 e. The summed E-state index contributed by atoms with van der Waals surface area (Å²) in [5, 5.41) is 7.60. The van der Waals surface area contributed by atoms with Crippen LogP contribution in [0.15, 0.2) is 48.7 Å². The summed E-state index contributed by atoms with van der Waals surface area (Å²) in [6.45, 7) is 7.99. The average Bonchev–Trinajstić information content (AvgIpc) is 2.90. The van der Waals surface area contributed by atoms with Crippen molar-refractivity contribution in [3.63, 3.8) is 0 Å². The highest BCUT2D eigenvalue weighted by Gasteiger charge is 2.18. The van der Waals surface area contributed by atoms with Crippen LogP contribution in [0.2, 0.25) is 5.02 Å². The van der Waals surface area contributed by atoms with Gasteiger partial charge in [0.05, 0.1) is 11.9 Å². The molecule has 1 heterocycles. The van der Waals surface area contributed by atoms with E-state index in [2.05, 4.69) is 59.5 Å². The molecule has 0 spiro atoms. The van der Waals surface area contributed by atoms with E-state index in [9.17, 15) is 4.57 Å². The molecule has 0 fully saturated rings. The SMILES string of the molecule is CCC(CCCCCC(CC)N(C)C)c1ccc(Nc2ncc(Cl)c(Nc3ccccc3P(C)(C)=O)n2)cc1N. The molecule has 218 valence electrons. The molecule has 0 amide bonds. The van der Waals surface area contributed by atoms with Crippen LogP contribution in [0.3, 0.4) is 0 Å². The largest absolute Gasteiger partial charge is 0.398 e. The van der Waals surface area contributed by atoms with Gasteiger partial charge in [-0.05, 0) is 88.9 Å². The maximum atomic E-state index is 12.8. The Kier molecular flexibility index (Phi) is 11.9. The number of benzene rings is 2. The van der Waals surface area contributed by atoms with E-state index < -0.39 is 7.14 Å². The van der Waals surface area contributed by atoms with Gasteiger partial charge in [0.25, 0.3) is 0 Å². The molecular formula is C31H46ClN6OP. The lowest BCUT2D eigenvalue weighted by atomic mass is 9.89. The van der Waals surface area contributed by atoms with Crippen LogP contribution in [-0.2, 0) is 4.57 Å². The standard InChI is InChI=1S/C31H46ClN6OP/c1-7-22(14-10-9-11-15-24(8-2)38(3)4)25-19-18-23(20-27(25)33)35-31-34-21-26(32)30(37-31)36-28-16-12-13-17-29(28)40(5,6)39/h12-13,16-22,24H,7-11,14-15,33H2,1-6H3,(H2,34,35,36,37). The molecule has 0 aliphatic carbocycles. The van der Waals surface area contributed by atoms with Gasteiger partial charge >= 0.3 is 0 Å². The van der Waals surface area contributed by atoms with Crippen molar-refractivity contribution in [1.82, 2.24) is 14.9 Å². The molecule has 0 bridgehead atoms. The maximum Gasteiger partial charge on any atom is 0.229 e. The third-order valence-corrected chi connectivity index (χ3v) is 9.38. The number of nitrogens with one attached hydrogen (secondary N) is 2. The van der Waals surface area contributed by atoms with Crippen LogP contribution in [0, 0.1) is 0 Å². The molecular weight excluding hydrogens is 539 g/mol. The third-order valence-electron chi connectivity index (χ3n) is 7.55. The molecule has 9 heteroatoms. The summed E-state index contributed by atoms with van der Waals surface area (Å²) in [4.78, 5) is 11.3. The number of para-hydroxylation sites is 1. The van der Waals surface area contributed by atoms with Crippen molar-refractivity contribution in [1.29, 1.82) is 0 Å². The maximum absolute atomic E-state index is 12.8. The van der Waals surface area contributed by atoms with Gasteiger partial charge in [-0.3, -0.25) is 0 Å². The van der Waals surface area contributed by atoms with Crippen molar-refractivity contribution >= 4 is 52.9 Å². The second-order valence-electron chi connectivity index (χ2n) is 11.1. The van der Waals surface area contributed by atoms with E-state index >= 15 is 0 Å². The number of hydrogen-bond acceptors (Lipinski definition) is 7. The van der Waals surface area contributed by atoms with Crippen molar-refractivity contribution in [2.75, 3.05) is 43.8 Å². The molecule has 7 nitrogen and oxygen atoms in total. The Morgan fingerprint density at radius 2 is 1.73 bits per heavy atom. The third kappa shape index (κ3) is 8.95. The molecule has 3 rings (SSSR count). The fourth-order valence-electron chi connectivity index (χ4n) is 5.20. The van der Waals surface area contributed by atoms with E-state index in [1.54, 1.807) is 19.5 Å². The minimum atomic E-state index is -2.50. The zero-order valence-electron chi connectivity index (χ0n) is 24.9. The summed E-state index contributed by atoms with van der Waals surface area (Å²) in [5.41, 5.74) is 10.0. The van der Waals surface area contributed by atoms with Gasteiger partial charge in [0.2, 0.25) is 5.95 Å². The Morgan fingerprint density at radius 3 is 2.38 bits per heavy atom. The predicted octanol–water partition coefficient (Wildman–Crippen LogP) is 8.23. The Morgan fingerprint density at radius 1 is 1.00 bits per heavy atom. The van der Waals surface area contributed by atoms with Gasteiger partial charge in [0.1, 0.15) is 12.2 Å². The van der Waals surface area contributed by atoms with Crippen molar-refractivity contribution in [3.8, 4) is 0 Å². The van der Waals surface area contributed by atoms with Crippen LogP contribution < -0.4 is 21.7 Å². The summed E-state index contributed by atoms with van der Waals surface area (Å²) in [6.07, 6.45) is 9.95. The predicted molar refractivity (Wildman–Crippen MR) is 174 cm³/mol. The van der Waals surface area contributed by atoms with Crippen molar-refractivity contribution < 1.29 is 4.57 Å². The normalized spacial score (nSPS) is 13.3. The van der Waals surface area contributed by atoms with Crippen LogP contribution in [0.25, 0.3) is 0 Å². The first-order valence-electron chi connectivity index (χ1n) is 14.3. The molecule has 0 radical (unpaired) electrons. The van der Waals surface area contributed by atoms with Gasteiger partial charge in [0.15, 0.2) is 5.82 Å². The van der Waals surface area contributed by atoms with Gasteiger partial charge < -0.3 is 25.8 Å². The van der Waals surface area contributed by atoms with Crippen LogP contribution >= 0.6 is 18.7 Å². The van der Waals surface area contributed by atoms with Crippen molar-refractivity contribution in [3.05, 3.63) is 59.2 Å². The fourth-order valence-corrected chi connectivity index (χ4v) is 6.49. The monoisotopic (exact) mass is 584 g/mol. The van der Waals surface area contributed by atoms with Gasteiger partial charge in [-0.25, -0.2) is 4.98 Å². The quantitative estimate of drug-likeness (QED) is 0.0940. The molecule has 2 unspecified atom stereocenters. The van der Waals surface area contributed by atoms with Crippen molar-refractivity contribution in [2.24, 2.45) is 0 Å². The molecule has 0 aliphatic heterocycles. The first-order chi connectivity index (χ1) is 19.0. The summed E-state index contributed by atoms with van der Waals surface area (Å²) < 4.78 is 12.8. The number of nitrogens with two attached hydrogens (primary N) is 1. The number of aromatic nitrogens is 2. The van der Waals surface area contributed by atoms with E-state index in [0.29, 0.717) is 34.4 Å². The number of nitrogen functional groups attached to an aromatic ring is 1. The molecule has 3 aromatic rings. The lowest BCUT2D eigenvalue weighted by molar-refractivity contribution is 0.264. The average molecular weight is 585 g/mol. The number of unbranched alkanes of at least 4 members (excludes halogenated alkanes) is 2. The zero-order valence-corrected chi connectivity index (χ0v) is 26.5. The van der Waals surface area contributed by atoms with E-state index in [-0.39, 0.29) is 0 Å². The van der Waals surface area contributed by atoms with Crippen LogP contribution in [-0.4, -0.2) is 48.3 Å². The summed E-state index contributed by atoms with van der Waals surface area (Å²) in [6, 6.07) is 14.3. The summed E-state index contributed by atoms with van der Waals surface area (Å²) >= 11 is 6.40. The summed E-state index contributed by atoms with van der Waals surface area (Å²) in [7, 11) is 1.86. The number of rotatable bonds is 15. The molecule has 2 aromatic carbocycles. The van der Waals surface area contributed by atoms with Crippen LogP contribution in [0.4, 0.5) is 28.8 Å². The minimum absolute atomic E-state index is 0.370. The highest BCUT2D eigenvalue weighted by Crippen LogP contribution is 2.39. The molecule has 2 atom stereocenters. The molecule has 0 saturated carbocycles. The zero-order chi connectivity index (χ0) is 29.3. The van der Waals surface area contributed by atoms with Gasteiger partial charge in [-0.2, -0.15) is 4.98 Å². The molecule has 40 heavy (non-hydrogen) atoms. The van der Waals surface area contributed by atoms with Gasteiger partial charge in [-0.15, -0.1) is 0 Å². The van der Waals surface area contributed by atoms with E-state index in [4.69, 9.17) is 17.3 Å². The lowest BCUT2D eigenvalue weighted by Gasteiger charge is -2.23. The van der Waals surface area contributed by atoms with Gasteiger partial charge in [0, 0.05) is 22.7 Å². The summed E-state index contributed by atoms with van der Waals surface area (Å²) in [5.74, 6) is 1.27. The van der Waals surface area contributed by atoms with Crippen LogP contribution in [0.1, 0.15) is 70.3 Å². The van der Waals surface area contributed by atoms with Crippen molar-refractivity contribution in [2.45, 2.75) is 70.8 Å². The molecule has 4 N–H and O–H groups in total. The Labute approximate surface area is 245 Å². The first-order valence-corrected chi connectivity index (χ1v) is 17.3. The Bertz CT molecular complexity index is 1290. The second-order valence-corrected chi connectivity index (χ2v) is 14.7. The highest BCUT2D eigenvalue weighted by molar-refractivity contribution is 7.70. The van der Waals surface area contributed by atoms with Gasteiger partial charge in [-0.1, -0.05) is 62.9 Å². The number of hydrogen-bond donors (Lipinski definition) is 3. The number of nitrogens with zero attached hydrogens (tertiary/aromatic N) is 3. The minimum Gasteiger partial charge on any atom is -0.398 e. The second kappa shape index (κ2) is 14.9. The van der Waals surface area contributed by atoms with Crippen LogP contribution in [0.5, 0.6) is 0 Å². The van der Waals surface area contributed by atoms with E-state index in [1.807, 2.05) is 36.4 Å². The Balaban J connectivity index is 1.65. The fraction of sp³-hybridized carbons (Fsp3) is 0.484. The molecule has 0 aliphatic rings. The lowest BCUT2D eigenvalue weighted by Crippen LogP contribution is -2.26. The number of anilines is 5. The number of halogens is 1. The van der Waals surface area contributed by atoms with E-state index in [1.165, 1.54) is 37.7 Å². The topological polar surface area (TPSA) is 96.2 Å².